The van der Waals surface area contributed by atoms with E-state index in [-0.39, 0.29) is 11.0 Å². The van der Waals surface area contributed by atoms with E-state index in [1.54, 1.807) is 0 Å². The van der Waals surface area contributed by atoms with Crippen LogP contribution in [0.15, 0.2) is 22.7 Å². The van der Waals surface area contributed by atoms with Crippen LogP contribution in [0.5, 0.6) is 0 Å². The minimum Gasteiger partial charge on any atom is -0.341 e. The zero-order chi connectivity index (χ0) is 13.1. The van der Waals surface area contributed by atoms with Gasteiger partial charge in [0.05, 0.1) is 17.7 Å². The van der Waals surface area contributed by atoms with E-state index >= 15 is 0 Å². The Balaban J connectivity index is 3.16. The van der Waals surface area contributed by atoms with Crippen molar-refractivity contribution in [1.29, 1.82) is 0 Å². The molecule has 0 fully saturated rings. The number of terminal acetylenes is 1. The highest BCUT2D eigenvalue weighted by Crippen LogP contribution is 2.33. The Labute approximate surface area is 104 Å². The smallest absolute Gasteiger partial charge is 0.341 e. The van der Waals surface area contributed by atoms with Crippen molar-refractivity contribution in [3.63, 3.8) is 0 Å². The molecule has 2 nitrogen and oxygen atoms in total. The van der Waals surface area contributed by atoms with E-state index in [9.17, 15) is 18.0 Å². The first-order valence-electron chi connectivity index (χ1n) is 4.44. The van der Waals surface area contributed by atoms with Gasteiger partial charge in [-0.3, -0.25) is 4.79 Å². The van der Waals surface area contributed by atoms with Crippen LogP contribution in [0, 0.1) is 12.3 Å². The normalized spacial score (nSPS) is 10.8. The minimum atomic E-state index is -4.59. The van der Waals surface area contributed by atoms with E-state index in [1.165, 1.54) is 6.07 Å². The SMILES string of the molecule is C#CCNC(=O)c1ccc(Br)cc1C(F)(F)F. The van der Waals surface area contributed by atoms with E-state index in [2.05, 4.69) is 27.2 Å². The maximum Gasteiger partial charge on any atom is 0.417 e. The number of nitrogens with one attached hydrogen (secondary N) is 1. The lowest BCUT2D eigenvalue weighted by Gasteiger charge is -2.12. The molecule has 0 atom stereocenters. The van der Waals surface area contributed by atoms with Crippen molar-refractivity contribution in [2.45, 2.75) is 6.18 Å². The van der Waals surface area contributed by atoms with Gasteiger partial charge in [0.2, 0.25) is 0 Å². The third-order valence-electron chi connectivity index (χ3n) is 1.88. The zero-order valence-corrected chi connectivity index (χ0v) is 10.0. The summed E-state index contributed by atoms with van der Waals surface area (Å²) in [6.07, 6.45) is 0.318. The second kappa shape index (κ2) is 5.23. The number of benzene rings is 1. The van der Waals surface area contributed by atoms with Gasteiger partial charge in [0.1, 0.15) is 0 Å². The van der Waals surface area contributed by atoms with Crippen molar-refractivity contribution in [1.82, 2.24) is 5.32 Å². The van der Waals surface area contributed by atoms with Crippen LogP contribution in [0.2, 0.25) is 0 Å². The van der Waals surface area contributed by atoms with Crippen LogP contribution in [-0.2, 0) is 6.18 Å². The van der Waals surface area contributed by atoms with Crippen LogP contribution in [0.1, 0.15) is 15.9 Å². The van der Waals surface area contributed by atoms with Gasteiger partial charge in [0.25, 0.3) is 5.91 Å². The summed E-state index contributed by atoms with van der Waals surface area (Å²) in [6, 6.07) is 3.31. The molecule has 1 rings (SSSR count). The van der Waals surface area contributed by atoms with E-state index in [0.29, 0.717) is 0 Å². The molecule has 1 aromatic carbocycles. The summed E-state index contributed by atoms with van der Waals surface area (Å²) in [5, 5.41) is 2.19. The highest BCUT2D eigenvalue weighted by Gasteiger charge is 2.35. The summed E-state index contributed by atoms with van der Waals surface area (Å²) >= 11 is 2.93. The third-order valence-corrected chi connectivity index (χ3v) is 2.38. The minimum absolute atomic E-state index is 0.119. The van der Waals surface area contributed by atoms with Crippen LogP contribution >= 0.6 is 15.9 Å². The predicted octanol–water partition coefficient (Wildman–Crippen LogP) is 2.83. The summed E-state index contributed by atoms with van der Waals surface area (Å²) in [5.41, 5.74) is -1.45. The largest absolute Gasteiger partial charge is 0.417 e. The molecule has 1 amide bonds. The number of carbonyl (C=O) groups excluding carboxylic acids is 1. The maximum atomic E-state index is 12.7. The molecule has 0 spiro atoms. The summed E-state index contributed by atoms with van der Waals surface area (Å²) in [6.45, 7) is -0.119. The van der Waals surface area contributed by atoms with Crippen LogP contribution < -0.4 is 5.32 Å². The molecule has 0 aromatic heterocycles. The molecule has 90 valence electrons. The van der Waals surface area contributed by atoms with E-state index < -0.39 is 23.2 Å². The maximum absolute atomic E-state index is 12.7. The fraction of sp³-hybridized carbons (Fsp3) is 0.182. The molecule has 0 heterocycles. The second-order valence-corrected chi connectivity index (χ2v) is 3.99. The Hall–Kier alpha value is -1.48. The standard InChI is InChI=1S/C11H7BrF3NO/c1-2-5-16-10(17)8-4-3-7(12)6-9(8)11(13,14)15/h1,3-4,6H,5H2,(H,16,17). The van der Waals surface area contributed by atoms with Gasteiger partial charge < -0.3 is 5.32 Å². The fourth-order valence-electron chi connectivity index (χ4n) is 1.18. The van der Waals surface area contributed by atoms with Gasteiger partial charge in [-0.2, -0.15) is 13.2 Å². The quantitative estimate of drug-likeness (QED) is 0.837. The topological polar surface area (TPSA) is 29.1 Å². The fourth-order valence-corrected chi connectivity index (χ4v) is 1.54. The van der Waals surface area contributed by atoms with Crippen molar-refractivity contribution in [3.05, 3.63) is 33.8 Å². The summed E-state index contributed by atoms with van der Waals surface area (Å²) in [4.78, 5) is 11.5. The molecule has 0 saturated carbocycles. The Kier molecular flexibility index (Phi) is 4.18. The van der Waals surface area contributed by atoms with Crippen molar-refractivity contribution in [2.24, 2.45) is 0 Å². The Bertz CT molecular complexity index is 477. The lowest BCUT2D eigenvalue weighted by Crippen LogP contribution is -2.26. The first-order valence-corrected chi connectivity index (χ1v) is 5.24. The van der Waals surface area contributed by atoms with Crippen molar-refractivity contribution >= 4 is 21.8 Å². The Morgan fingerprint density at radius 2 is 2.12 bits per heavy atom. The van der Waals surface area contributed by atoms with Gasteiger partial charge in [0.15, 0.2) is 0 Å². The number of carbonyl (C=O) groups is 1. The molecular formula is C11H7BrF3NO. The van der Waals surface area contributed by atoms with E-state index in [4.69, 9.17) is 6.42 Å². The molecule has 17 heavy (non-hydrogen) atoms. The van der Waals surface area contributed by atoms with Crippen molar-refractivity contribution in [3.8, 4) is 12.3 Å². The molecule has 0 aliphatic heterocycles. The molecule has 1 aromatic rings. The summed E-state index contributed by atoms with van der Waals surface area (Å²) < 4.78 is 38.3. The van der Waals surface area contributed by atoms with Crippen LogP contribution in [0.25, 0.3) is 0 Å². The average Bonchev–Trinajstić information content (AvgIpc) is 2.24. The Morgan fingerprint density at radius 3 is 2.65 bits per heavy atom. The highest BCUT2D eigenvalue weighted by molar-refractivity contribution is 9.10. The number of alkyl halides is 3. The molecule has 0 aliphatic rings. The van der Waals surface area contributed by atoms with Crippen molar-refractivity contribution < 1.29 is 18.0 Å². The van der Waals surface area contributed by atoms with Crippen LogP contribution in [0.3, 0.4) is 0 Å². The van der Waals surface area contributed by atoms with E-state index in [1.807, 2.05) is 0 Å². The average molecular weight is 306 g/mol. The zero-order valence-electron chi connectivity index (χ0n) is 8.44. The van der Waals surface area contributed by atoms with Crippen LogP contribution in [0.4, 0.5) is 13.2 Å². The summed E-state index contributed by atoms with van der Waals surface area (Å²) in [7, 11) is 0. The first kappa shape index (κ1) is 13.6. The van der Waals surface area contributed by atoms with Gasteiger partial charge in [-0.1, -0.05) is 21.9 Å². The van der Waals surface area contributed by atoms with Crippen LogP contribution in [-0.4, -0.2) is 12.5 Å². The van der Waals surface area contributed by atoms with Gasteiger partial charge >= 0.3 is 6.18 Å². The third kappa shape index (κ3) is 3.49. The molecule has 1 N–H and O–H groups in total. The molecule has 0 radical (unpaired) electrons. The number of hydrogen-bond donors (Lipinski definition) is 1. The molecular weight excluding hydrogens is 299 g/mol. The second-order valence-electron chi connectivity index (χ2n) is 3.07. The highest BCUT2D eigenvalue weighted by atomic mass is 79.9. The molecule has 6 heteroatoms. The predicted molar refractivity (Wildman–Crippen MR) is 60.3 cm³/mol. The first-order chi connectivity index (χ1) is 7.86. The molecule has 0 saturated heterocycles. The number of hydrogen-bond acceptors (Lipinski definition) is 1. The molecule has 0 bridgehead atoms. The van der Waals surface area contributed by atoms with Gasteiger partial charge in [-0.05, 0) is 18.2 Å². The number of amides is 1. The Morgan fingerprint density at radius 1 is 1.47 bits per heavy atom. The number of halogens is 4. The molecule has 0 unspecified atom stereocenters. The lowest BCUT2D eigenvalue weighted by molar-refractivity contribution is -0.138. The molecule has 0 aliphatic carbocycles. The van der Waals surface area contributed by atoms with Gasteiger partial charge in [-0.25, -0.2) is 0 Å². The van der Waals surface area contributed by atoms with E-state index in [0.717, 1.165) is 12.1 Å². The monoisotopic (exact) mass is 305 g/mol. The van der Waals surface area contributed by atoms with Gasteiger partial charge in [0, 0.05) is 4.47 Å². The van der Waals surface area contributed by atoms with Crippen molar-refractivity contribution in [2.75, 3.05) is 6.54 Å². The number of rotatable bonds is 2. The van der Waals surface area contributed by atoms with Gasteiger partial charge in [-0.15, -0.1) is 6.42 Å². The lowest BCUT2D eigenvalue weighted by atomic mass is 10.1. The summed E-state index contributed by atoms with van der Waals surface area (Å²) in [5.74, 6) is 1.27.